The number of nitrogens with one attached hydrogen (secondary N) is 1. The van der Waals surface area contributed by atoms with Gasteiger partial charge in [0, 0.05) is 31.6 Å². The van der Waals surface area contributed by atoms with Crippen molar-refractivity contribution in [2.75, 3.05) is 13.1 Å². The number of carbonyl (C=O) groups is 1. The lowest BCUT2D eigenvalue weighted by atomic mass is 9.80. The number of carbonyl (C=O) groups excluding carboxylic acids is 1. The van der Waals surface area contributed by atoms with Gasteiger partial charge in [0.25, 0.3) is 0 Å². The molecule has 3 rings (SSSR count). The van der Waals surface area contributed by atoms with E-state index >= 15 is 0 Å². The Kier molecular flexibility index (Phi) is 5.15. The first-order chi connectivity index (χ1) is 11.4. The first-order valence-electron chi connectivity index (χ1n) is 8.76. The zero-order valence-electron chi connectivity index (χ0n) is 13.7. The highest BCUT2D eigenvalue weighted by molar-refractivity contribution is 5.76. The molecule has 1 aliphatic carbocycles. The van der Waals surface area contributed by atoms with E-state index in [1.54, 1.807) is 6.20 Å². The quantitative estimate of drug-likeness (QED) is 0.905. The highest BCUT2D eigenvalue weighted by Gasteiger charge is 2.41. The predicted octanol–water partition coefficient (Wildman–Crippen LogP) is 3.87. The number of aromatic amines is 1. The number of halogens is 3. The Labute approximate surface area is 139 Å². The number of H-pyrrole nitrogens is 1. The zero-order valence-corrected chi connectivity index (χ0v) is 13.7. The number of amides is 1. The molecule has 1 saturated carbocycles. The molecule has 134 valence electrons. The number of aromatic nitrogens is 2. The van der Waals surface area contributed by atoms with Gasteiger partial charge in [-0.2, -0.15) is 18.3 Å². The maximum absolute atomic E-state index is 12.7. The zero-order chi connectivity index (χ0) is 17.2. The van der Waals surface area contributed by atoms with Gasteiger partial charge in [-0.1, -0.05) is 0 Å². The lowest BCUT2D eigenvalue weighted by Crippen LogP contribution is -2.40. The highest BCUT2D eigenvalue weighted by Crippen LogP contribution is 2.40. The van der Waals surface area contributed by atoms with Gasteiger partial charge in [0.1, 0.15) is 0 Å². The molecule has 1 aliphatic heterocycles. The maximum Gasteiger partial charge on any atom is 0.391 e. The summed E-state index contributed by atoms with van der Waals surface area (Å²) in [5.41, 5.74) is 1.12. The number of rotatable bonds is 3. The molecule has 2 aliphatic rings. The fourth-order valence-electron chi connectivity index (χ4n) is 4.03. The highest BCUT2D eigenvalue weighted by atomic mass is 19.4. The summed E-state index contributed by atoms with van der Waals surface area (Å²) in [5.74, 6) is -0.671. The number of alkyl halides is 3. The van der Waals surface area contributed by atoms with Crippen LogP contribution >= 0.6 is 0 Å². The minimum atomic E-state index is -4.08. The van der Waals surface area contributed by atoms with Crippen molar-refractivity contribution in [3.8, 4) is 0 Å². The van der Waals surface area contributed by atoms with Crippen molar-refractivity contribution in [3.63, 3.8) is 0 Å². The van der Waals surface area contributed by atoms with E-state index < -0.39 is 12.1 Å². The summed E-state index contributed by atoms with van der Waals surface area (Å²) in [6, 6.07) is 0. The topological polar surface area (TPSA) is 49.0 Å². The second-order valence-electron chi connectivity index (χ2n) is 7.17. The van der Waals surface area contributed by atoms with Gasteiger partial charge in [-0.05, 0) is 50.0 Å². The van der Waals surface area contributed by atoms with Crippen molar-refractivity contribution in [1.82, 2.24) is 15.1 Å². The smallest absolute Gasteiger partial charge is 0.342 e. The van der Waals surface area contributed by atoms with E-state index in [4.69, 9.17) is 0 Å². The van der Waals surface area contributed by atoms with Crippen LogP contribution in [-0.2, 0) is 4.79 Å². The summed E-state index contributed by atoms with van der Waals surface area (Å²) >= 11 is 0. The van der Waals surface area contributed by atoms with Gasteiger partial charge in [-0.3, -0.25) is 9.89 Å². The normalized spacial score (nSPS) is 28.8. The van der Waals surface area contributed by atoms with Crippen molar-refractivity contribution >= 4 is 5.91 Å². The Hall–Kier alpha value is -1.53. The maximum atomic E-state index is 12.7. The Morgan fingerprint density at radius 2 is 2.00 bits per heavy atom. The van der Waals surface area contributed by atoms with E-state index in [1.165, 1.54) is 0 Å². The van der Waals surface area contributed by atoms with Gasteiger partial charge in [0.05, 0.1) is 12.1 Å². The standard InChI is InChI=1S/C17H24F3N3O/c18-17(19,20)15-5-3-12(4-6-15)8-16(24)23-7-1-2-13(11-23)14-9-21-22-10-14/h9-10,12-13,15H,1-8,11H2,(H,21,22)/t12?,13-,15?/m0/s1. The molecular weight excluding hydrogens is 319 g/mol. The summed E-state index contributed by atoms with van der Waals surface area (Å²) in [6.45, 7) is 1.45. The largest absolute Gasteiger partial charge is 0.391 e. The summed E-state index contributed by atoms with van der Waals surface area (Å²) in [5, 5.41) is 6.78. The van der Waals surface area contributed by atoms with Crippen molar-refractivity contribution in [2.24, 2.45) is 11.8 Å². The van der Waals surface area contributed by atoms with Crippen molar-refractivity contribution in [2.45, 2.75) is 57.0 Å². The average molecular weight is 343 g/mol. The molecule has 0 aromatic carbocycles. The molecule has 1 saturated heterocycles. The molecule has 1 N–H and O–H groups in total. The molecule has 4 nitrogen and oxygen atoms in total. The SMILES string of the molecule is O=C(CC1CCC(C(F)(F)F)CC1)N1CCC[C@H](c2cn[nH]c2)C1. The van der Waals surface area contributed by atoms with E-state index in [0.29, 0.717) is 31.7 Å². The Morgan fingerprint density at radius 3 is 2.62 bits per heavy atom. The van der Waals surface area contributed by atoms with Crippen molar-refractivity contribution in [3.05, 3.63) is 18.0 Å². The number of nitrogens with zero attached hydrogens (tertiary/aromatic N) is 2. The van der Waals surface area contributed by atoms with Gasteiger partial charge in [0.2, 0.25) is 5.91 Å². The fraction of sp³-hybridized carbons (Fsp3) is 0.765. The van der Waals surface area contributed by atoms with E-state index in [0.717, 1.165) is 24.9 Å². The molecule has 24 heavy (non-hydrogen) atoms. The van der Waals surface area contributed by atoms with Gasteiger partial charge >= 0.3 is 6.18 Å². The molecule has 1 aromatic heterocycles. The van der Waals surface area contributed by atoms with E-state index in [1.807, 2.05) is 11.1 Å². The van der Waals surface area contributed by atoms with Crippen LogP contribution < -0.4 is 0 Å². The van der Waals surface area contributed by atoms with E-state index in [-0.39, 0.29) is 24.7 Å². The van der Waals surface area contributed by atoms with Gasteiger partial charge in [-0.25, -0.2) is 0 Å². The van der Waals surface area contributed by atoms with Crippen LogP contribution in [0.2, 0.25) is 0 Å². The van der Waals surface area contributed by atoms with Crippen LogP contribution in [0, 0.1) is 11.8 Å². The minimum Gasteiger partial charge on any atom is -0.342 e. The molecule has 0 spiro atoms. The second kappa shape index (κ2) is 7.15. The lowest BCUT2D eigenvalue weighted by molar-refractivity contribution is -0.184. The van der Waals surface area contributed by atoms with Gasteiger partial charge < -0.3 is 4.90 Å². The number of piperidine rings is 1. The summed E-state index contributed by atoms with van der Waals surface area (Å²) in [6.07, 6.45) is 3.33. The van der Waals surface area contributed by atoms with Crippen LogP contribution in [0.1, 0.15) is 56.4 Å². The molecule has 1 amide bonds. The van der Waals surface area contributed by atoms with Crippen LogP contribution in [0.5, 0.6) is 0 Å². The van der Waals surface area contributed by atoms with E-state index in [2.05, 4.69) is 10.2 Å². The Bertz CT molecular complexity index is 536. The molecule has 0 unspecified atom stereocenters. The lowest BCUT2D eigenvalue weighted by Gasteiger charge is -2.35. The molecule has 7 heteroatoms. The van der Waals surface area contributed by atoms with Crippen LogP contribution in [0.4, 0.5) is 13.2 Å². The fourth-order valence-corrected chi connectivity index (χ4v) is 4.03. The molecule has 2 heterocycles. The molecule has 0 bridgehead atoms. The van der Waals surface area contributed by atoms with Crippen LogP contribution in [0.15, 0.2) is 12.4 Å². The number of hydrogen-bond acceptors (Lipinski definition) is 2. The number of hydrogen-bond donors (Lipinski definition) is 1. The van der Waals surface area contributed by atoms with Gasteiger partial charge in [0.15, 0.2) is 0 Å². The van der Waals surface area contributed by atoms with Crippen molar-refractivity contribution in [1.29, 1.82) is 0 Å². The van der Waals surface area contributed by atoms with Crippen LogP contribution in [-0.4, -0.2) is 40.3 Å². The molecule has 0 radical (unpaired) electrons. The second-order valence-corrected chi connectivity index (χ2v) is 7.17. The van der Waals surface area contributed by atoms with Crippen molar-refractivity contribution < 1.29 is 18.0 Å². The average Bonchev–Trinajstić information content (AvgIpc) is 3.09. The third kappa shape index (κ3) is 4.11. The third-order valence-electron chi connectivity index (χ3n) is 5.54. The summed E-state index contributed by atoms with van der Waals surface area (Å²) in [4.78, 5) is 14.4. The minimum absolute atomic E-state index is 0.0960. The third-order valence-corrected chi connectivity index (χ3v) is 5.54. The van der Waals surface area contributed by atoms with Gasteiger partial charge in [-0.15, -0.1) is 0 Å². The first-order valence-corrected chi connectivity index (χ1v) is 8.76. The van der Waals surface area contributed by atoms with Crippen LogP contribution in [0.25, 0.3) is 0 Å². The Morgan fingerprint density at radius 1 is 1.25 bits per heavy atom. The molecule has 2 fully saturated rings. The van der Waals surface area contributed by atoms with E-state index in [9.17, 15) is 18.0 Å². The Balaban J connectivity index is 1.49. The molecule has 1 aromatic rings. The summed E-state index contributed by atoms with van der Waals surface area (Å²) in [7, 11) is 0. The molecule has 1 atom stereocenters. The van der Waals surface area contributed by atoms with Crippen LogP contribution in [0.3, 0.4) is 0 Å². The predicted molar refractivity (Wildman–Crippen MR) is 83.3 cm³/mol. The molecular formula is C17H24F3N3O. The summed E-state index contributed by atoms with van der Waals surface area (Å²) < 4.78 is 38.1. The number of likely N-dealkylation sites (tertiary alicyclic amines) is 1. The monoisotopic (exact) mass is 343 g/mol. The first kappa shape index (κ1) is 17.3.